The summed E-state index contributed by atoms with van der Waals surface area (Å²) < 4.78 is 6.05. The summed E-state index contributed by atoms with van der Waals surface area (Å²) in [5.41, 5.74) is 2.64. The van der Waals surface area contributed by atoms with E-state index in [1.165, 1.54) is 11.1 Å². The van der Waals surface area contributed by atoms with E-state index in [1.54, 1.807) is 0 Å². The third kappa shape index (κ3) is 5.38. The van der Waals surface area contributed by atoms with E-state index in [1.807, 2.05) is 6.08 Å². The maximum absolute atomic E-state index is 6.05. The molecular weight excluding hydrogens is 246 g/mol. The summed E-state index contributed by atoms with van der Waals surface area (Å²) in [7, 11) is 0. The van der Waals surface area contributed by atoms with Crippen LogP contribution in [0.4, 0.5) is 0 Å². The van der Waals surface area contributed by atoms with Gasteiger partial charge in [-0.25, -0.2) is 0 Å². The van der Waals surface area contributed by atoms with Crippen LogP contribution in [-0.4, -0.2) is 19.7 Å². The molecule has 1 aromatic carbocycles. The molecule has 1 rings (SSSR count). The van der Waals surface area contributed by atoms with Crippen molar-refractivity contribution in [2.24, 2.45) is 0 Å². The van der Waals surface area contributed by atoms with Crippen molar-refractivity contribution < 1.29 is 4.74 Å². The van der Waals surface area contributed by atoms with Crippen LogP contribution in [0.3, 0.4) is 0 Å². The predicted octanol–water partition coefficient (Wildman–Crippen LogP) is 4.23. The molecule has 0 saturated carbocycles. The summed E-state index contributed by atoms with van der Waals surface area (Å²) in [6.07, 6.45) is 4.09. The van der Waals surface area contributed by atoms with Crippen LogP contribution in [-0.2, 0) is 5.41 Å². The first kappa shape index (κ1) is 16.8. The molecular formula is C18H29NO. The number of unbranched alkanes of at least 4 members (excludes halogenated alkanes) is 1. The lowest BCUT2D eigenvalue weighted by molar-refractivity contribution is 0.296. The van der Waals surface area contributed by atoms with Gasteiger partial charge in [-0.2, -0.15) is 0 Å². The normalized spacial score (nSPS) is 11.4. The zero-order chi connectivity index (χ0) is 15.0. The van der Waals surface area contributed by atoms with Gasteiger partial charge >= 0.3 is 0 Å². The van der Waals surface area contributed by atoms with Gasteiger partial charge in [0.2, 0.25) is 0 Å². The summed E-state index contributed by atoms with van der Waals surface area (Å²) in [5.74, 6) is 1.07. The Morgan fingerprint density at radius 3 is 2.65 bits per heavy atom. The maximum Gasteiger partial charge on any atom is 0.125 e. The van der Waals surface area contributed by atoms with E-state index >= 15 is 0 Å². The molecule has 0 aliphatic heterocycles. The molecule has 2 nitrogen and oxygen atoms in total. The Bertz CT molecular complexity index is 418. The van der Waals surface area contributed by atoms with Crippen LogP contribution >= 0.6 is 0 Å². The van der Waals surface area contributed by atoms with E-state index in [4.69, 9.17) is 4.74 Å². The second-order valence-corrected chi connectivity index (χ2v) is 6.25. The Labute approximate surface area is 124 Å². The lowest BCUT2D eigenvalue weighted by Gasteiger charge is -2.24. The SMILES string of the molecule is C=CCNCCCCOc1c(C)cccc1C(C)(C)C. The molecule has 20 heavy (non-hydrogen) atoms. The van der Waals surface area contributed by atoms with Crippen molar-refractivity contribution in [2.75, 3.05) is 19.7 Å². The largest absolute Gasteiger partial charge is 0.493 e. The summed E-state index contributed by atoms with van der Waals surface area (Å²) in [6, 6.07) is 6.41. The molecule has 1 N–H and O–H groups in total. The number of benzene rings is 1. The number of ether oxygens (including phenoxy) is 1. The molecule has 0 amide bonds. The minimum Gasteiger partial charge on any atom is -0.493 e. The number of aryl methyl sites for hydroxylation is 1. The van der Waals surface area contributed by atoms with Crippen LogP contribution in [0.15, 0.2) is 30.9 Å². The van der Waals surface area contributed by atoms with Crippen LogP contribution < -0.4 is 10.1 Å². The molecule has 0 atom stereocenters. The molecule has 0 aromatic heterocycles. The van der Waals surface area contributed by atoms with Crippen molar-refractivity contribution in [1.29, 1.82) is 0 Å². The third-order valence-corrected chi connectivity index (χ3v) is 3.30. The van der Waals surface area contributed by atoms with E-state index in [2.05, 4.69) is 57.8 Å². The second-order valence-electron chi connectivity index (χ2n) is 6.25. The van der Waals surface area contributed by atoms with E-state index in [-0.39, 0.29) is 5.41 Å². The summed E-state index contributed by atoms with van der Waals surface area (Å²) in [4.78, 5) is 0. The summed E-state index contributed by atoms with van der Waals surface area (Å²) in [5, 5.41) is 3.31. The number of hydrogen-bond donors (Lipinski definition) is 1. The minimum absolute atomic E-state index is 0.118. The first-order chi connectivity index (χ1) is 9.46. The van der Waals surface area contributed by atoms with Gasteiger partial charge < -0.3 is 10.1 Å². The highest BCUT2D eigenvalue weighted by Gasteiger charge is 2.19. The monoisotopic (exact) mass is 275 g/mol. The number of hydrogen-bond acceptors (Lipinski definition) is 2. The van der Waals surface area contributed by atoms with E-state index < -0.39 is 0 Å². The molecule has 0 radical (unpaired) electrons. The van der Waals surface area contributed by atoms with E-state index in [0.29, 0.717) is 0 Å². The topological polar surface area (TPSA) is 21.3 Å². The first-order valence-electron chi connectivity index (χ1n) is 7.51. The molecule has 0 aliphatic rings. The average molecular weight is 275 g/mol. The van der Waals surface area contributed by atoms with Gasteiger partial charge in [0.1, 0.15) is 5.75 Å². The van der Waals surface area contributed by atoms with Crippen molar-refractivity contribution >= 4 is 0 Å². The molecule has 0 saturated heterocycles. The summed E-state index contributed by atoms with van der Waals surface area (Å²) in [6.45, 7) is 15.2. The van der Waals surface area contributed by atoms with Crippen LogP contribution in [0.1, 0.15) is 44.7 Å². The highest BCUT2D eigenvalue weighted by Crippen LogP contribution is 2.33. The Hall–Kier alpha value is -1.28. The molecule has 0 fully saturated rings. The van der Waals surface area contributed by atoms with Gasteiger partial charge in [-0.15, -0.1) is 6.58 Å². The quantitative estimate of drug-likeness (QED) is 0.566. The predicted molar refractivity (Wildman–Crippen MR) is 87.7 cm³/mol. The van der Waals surface area contributed by atoms with Crippen LogP contribution in [0.5, 0.6) is 5.75 Å². The van der Waals surface area contributed by atoms with E-state index in [0.717, 1.165) is 38.3 Å². The second kappa shape index (κ2) is 8.11. The highest BCUT2D eigenvalue weighted by molar-refractivity contribution is 5.44. The van der Waals surface area contributed by atoms with Gasteiger partial charge in [0, 0.05) is 6.54 Å². The van der Waals surface area contributed by atoms with Crippen LogP contribution in [0, 0.1) is 6.92 Å². The van der Waals surface area contributed by atoms with E-state index in [9.17, 15) is 0 Å². The molecule has 0 spiro atoms. The van der Waals surface area contributed by atoms with Crippen LogP contribution in [0.2, 0.25) is 0 Å². The zero-order valence-electron chi connectivity index (χ0n) is 13.5. The van der Waals surface area contributed by atoms with Crippen molar-refractivity contribution in [3.8, 4) is 5.75 Å². The molecule has 0 unspecified atom stereocenters. The van der Waals surface area contributed by atoms with Crippen LogP contribution in [0.25, 0.3) is 0 Å². The van der Waals surface area contributed by atoms with Crippen molar-refractivity contribution in [3.63, 3.8) is 0 Å². The van der Waals surface area contributed by atoms with Gasteiger partial charge in [0.05, 0.1) is 6.61 Å². The van der Waals surface area contributed by atoms with Gasteiger partial charge in [0.25, 0.3) is 0 Å². The maximum atomic E-state index is 6.05. The van der Waals surface area contributed by atoms with Gasteiger partial charge in [0.15, 0.2) is 0 Å². The van der Waals surface area contributed by atoms with Crippen molar-refractivity contribution in [3.05, 3.63) is 42.0 Å². The van der Waals surface area contributed by atoms with Gasteiger partial charge in [-0.1, -0.05) is 45.0 Å². The molecule has 0 bridgehead atoms. The molecule has 0 aliphatic carbocycles. The summed E-state index contributed by atoms with van der Waals surface area (Å²) >= 11 is 0. The fourth-order valence-corrected chi connectivity index (χ4v) is 2.17. The van der Waals surface area contributed by atoms with Gasteiger partial charge in [-0.05, 0) is 42.9 Å². The average Bonchev–Trinajstić information content (AvgIpc) is 2.38. The Morgan fingerprint density at radius 1 is 1.25 bits per heavy atom. The van der Waals surface area contributed by atoms with Crippen molar-refractivity contribution in [2.45, 2.75) is 46.0 Å². The lowest BCUT2D eigenvalue weighted by atomic mass is 9.85. The minimum atomic E-state index is 0.118. The van der Waals surface area contributed by atoms with Crippen molar-refractivity contribution in [1.82, 2.24) is 5.32 Å². The fraction of sp³-hybridized carbons (Fsp3) is 0.556. The number of rotatable bonds is 8. The highest BCUT2D eigenvalue weighted by atomic mass is 16.5. The third-order valence-electron chi connectivity index (χ3n) is 3.30. The number of para-hydroxylation sites is 1. The Kier molecular flexibility index (Phi) is 6.80. The molecule has 2 heteroatoms. The molecule has 112 valence electrons. The zero-order valence-corrected chi connectivity index (χ0v) is 13.5. The Morgan fingerprint density at radius 2 is 2.00 bits per heavy atom. The van der Waals surface area contributed by atoms with Gasteiger partial charge in [-0.3, -0.25) is 0 Å². The first-order valence-corrected chi connectivity index (χ1v) is 7.51. The molecule has 0 heterocycles. The standard InChI is InChI=1S/C18H29NO/c1-6-12-19-13-7-8-14-20-17-15(2)10-9-11-16(17)18(3,4)5/h6,9-11,19H,1,7-8,12-14H2,2-5H3. The lowest BCUT2D eigenvalue weighted by Crippen LogP contribution is -2.16. The Balaban J connectivity index is 2.49. The fourth-order valence-electron chi connectivity index (χ4n) is 2.17. The smallest absolute Gasteiger partial charge is 0.125 e. The number of nitrogens with one attached hydrogen (secondary N) is 1. The molecule has 1 aromatic rings.